The molecule has 2 aliphatic rings. The molecule has 2 aromatic rings. The molecular formula is C24H35N7. The number of unbranched alkanes of at least 4 members (excludes halogenated alkanes) is 3. The summed E-state index contributed by atoms with van der Waals surface area (Å²) in [6.07, 6.45) is 10.6. The van der Waals surface area contributed by atoms with Crippen molar-refractivity contribution in [3.05, 3.63) is 36.3 Å². The lowest BCUT2D eigenvalue weighted by molar-refractivity contribution is 0.421. The van der Waals surface area contributed by atoms with Gasteiger partial charge in [-0.1, -0.05) is 12.8 Å². The van der Waals surface area contributed by atoms with E-state index in [0.717, 1.165) is 80.8 Å². The molecule has 1 saturated carbocycles. The van der Waals surface area contributed by atoms with E-state index in [1.54, 1.807) is 0 Å². The van der Waals surface area contributed by atoms with E-state index in [0.29, 0.717) is 11.6 Å². The van der Waals surface area contributed by atoms with Crippen LogP contribution in [0, 0.1) is 11.3 Å². The van der Waals surface area contributed by atoms with E-state index in [1.165, 1.54) is 18.5 Å². The van der Waals surface area contributed by atoms with Gasteiger partial charge in [0.15, 0.2) is 0 Å². The van der Waals surface area contributed by atoms with Crippen molar-refractivity contribution < 1.29 is 0 Å². The Morgan fingerprint density at radius 3 is 2.77 bits per heavy atom. The van der Waals surface area contributed by atoms with Crippen molar-refractivity contribution in [3.63, 3.8) is 0 Å². The second-order valence-corrected chi connectivity index (χ2v) is 8.82. The fourth-order valence-electron chi connectivity index (χ4n) is 4.04. The summed E-state index contributed by atoms with van der Waals surface area (Å²) in [6.45, 7) is 4.71. The zero-order valence-corrected chi connectivity index (χ0v) is 18.6. The standard InChI is InChI=1S/C24H35N7/c1-30-12-13-31(17-30)19-8-9-21-22(14-19)29-23(16-28-21)20(24(26)18-6-7-18)15-27-11-5-3-2-4-10-25/h8-9,14-16,18,26-27H,2-7,10-13,17,25H2,1H3/b20-15-,26-24?. The van der Waals surface area contributed by atoms with E-state index in [1.807, 2.05) is 12.4 Å². The van der Waals surface area contributed by atoms with Gasteiger partial charge >= 0.3 is 0 Å². The van der Waals surface area contributed by atoms with Gasteiger partial charge in [0.2, 0.25) is 0 Å². The van der Waals surface area contributed by atoms with Gasteiger partial charge in [-0.25, -0.2) is 4.98 Å². The number of hydrogen-bond acceptors (Lipinski definition) is 7. The summed E-state index contributed by atoms with van der Waals surface area (Å²) in [5.41, 5.74) is 10.9. The molecular weight excluding hydrogens is 386 g/mol. The van der Waals surface area contributed by atoms with Gasteiger partial charge in [0.25, 0.3) is 0 Å². The molecule has 0 spiro atoms. The van der Waals surface area contributed by atoms with Crippen LogP contribution in [0.2, 0.25) is 0 Å². The molecule has 2 fully saturated rings. The molecule has 0 amide bonds. The second kappa shape index (κ2) is 10.2. The maximum atomic E-state index is 8.68. The van der Waals surface area contributed by atoms with Crippen molar-refractivity contribution >= 4 is 28.0 Å². The zero-order chi connectivity index (χ0) is 21.6. The third kappa shape index (κ3) is 5.60. The SMILES string of the molecule is CN1CCN(c2ccc3ncc(/C(=C/NCCCCCCN)C(=N)C4CC4)nc3c2)C1. The predicted octanol–water partition coefficient (Wildman–Crippen LogP) is 3.22. The van der Waals surface area contributed by atoms with Gasteiger partial charge in [-0.3, -0.25) is 9.88 Å². The Bertz CT molecular complexity index is 935. The Labute approximate surface area is 185 Å². The van der Waals surface area contributed by atoms with Crippen LogP contribution in [0.1, 0.15) is 44.2 Å². The van der Waals surface area contributed by atoms with Crippen LogP contribution in [0.4, 0.5) is 5.69 Å². The number of nitrogens with two attached hydrogens (primary N) is 1. The molecule has 0 unspecified atom stereocenters. The van der Waals surface area contributed by atoms with Gasteiger partial charge in [0.1, 0.15) is 0 Å². The number of hydrogen-bond donors (Lipinski definition) is 3. The Balaban J connectivity index is 1.51. The average molecular weight is 422 g/mol. The molecule has 4 rings (SSSR count). The first-order chi connectivity index (χ1) is 15.2. The van der Waals surface area contributed by atoms with Crippen LogP contribution >= 0.6 is 0 Å². The minimum atomic E-state index is 0.363. The quantitative estimate of drug-likeness (QED) is 0.381. The minimum Gasteiger partial charge on any atom is -0.390 e. The minimum absolute atomic E-state index is 0.363. The molecule has 2 heterocycles. The van der Waals surface area contributed by atoms with Gasteiger partial charge in [0, 0.05) is 48.7 Å². The highest BCUT2D eigenvalue weighted by Gasteiger charge is 2.29. The smallest absolute Gasteiger partial charge is 0.0925 e. The average Bonchev–Trinajstić information content (AvgIpc) is 3.55. The van der Waals surface area contributed by atoms with Crippen LogP contribution in [0.25, 0.3) is 16.6 Å². The van der Waals surface area contributed by atoms with Crippen molar-refractivity contribution in [1.82, 2.24) is 20.2 Å². The van der Waals surface area contributed by atoms with Crippen LogP contribution < -0.4 is 16.0 Å². The molecule has 1 saturated heterocycles. The largest absolute Gasteiger partial charge is 0.390 e. The van der Waals surface area contributed by atoms with Crippen LogP contribution in [-0.2, 0) is 0 Å². The zero-order valence-electron chi connectivity index (χ0n) is 18.6. The van der Waals surface area contributed by atoms with E-state index >= 15 is 0 Å². The lowest BCUT2D eigenvalue weighted by atomic mass is 10.0. The fourth-order valence-corrected chi connectivity index (χ4v) is 4.04. The number of nitrogens with zero attached hydrogens (tertiary/aromatic N) is 4. The summed E-state index contributed by atoms with van der Waals surface area (Å²) >= 11 is 0. The van der Waals surface area contributed by atoms with E-state index in [4.69, 9.17) is 16.1 Å². The number of fused-ring (bicyclic) bond motifs is 1. The molecule has 1 aliphatic heterocycles. The lowest BCUT2D eigenvalue weighted by Gasteiger charge is -2.18. The number of anilines is 1. The van der Waals surface area contributed by atoms with Gasteiger partial charge in [-0.2, -0.15) is 0 Å². The Morgan fingerprint density at radius 1 is 1.19 bits per heavy atom. The molecule has 7 heteroatoms. The molecule has 7 nitrogen and oxygen atoms in total. The van der Waals surface area contributed by atoms with E-state index in [9.17, 15) is 0 Å². The maximum absolute atomic E-state index is 8.68. The van der Waals surface area contributed by atoms with Crippen molar-refractivity contribution in [2.24, 2.45) is 11.7 Å². The van der Waals surface area contributed by atoms with Crippen LogP contribution in [0.15, 0.2) is 30.6 Å². The molecule has 1 aromatic heterocycles. The number of rotatable bonds is 11. The third-order valence-corrected chi connectivity index (χ3v) is 6.13. The van der Waals surface area contributed by atoms with Crippen LogP contribution in [0.3, 0.4) is 0 Å². The van der Waals surface area contributed by atoms with Crippen molar-refractivity contribution in [2.45, 2.75) is 38.5 Å². The number of allylic oxidation sites excluding steroid dienone is 1. The number of benzene rings is 1. The molecule has 0 radical (unpaired) electrons. The van der Waals surface area contributed by atoms with Crippen LogP contribution in [0.5, 0.6) is 0 Å². The number of likely N-dealkylation sites (N-methyl/N-ethyl adjacent to an activating group) is 1. The highest BCUT2D eigenvalue weighted by Crippen LogP contribution is 2.35. The molecule has 0 bridgehead atoms. The van der Waals surface area contributed by atoms with Gasteiger partial charge in [-0.15, -0.1) is 0 Å². The lowest BCUT2D eigenvalue weighted by Crippen LogP contribution is -2.22. The topological polar surface area (TPSA) is 94.2 Å². The van der Waals surface area contributed by atoms with E-state index in [-0.39, 0.29) is 0 Å². The summed E-state index contributed by atoms with van der Waals surface area (Å²) in [4.78, 5) is 14.3. The van der Waals surface area contributed by atoms with E-state index in [2.05, 4.69) is 45.3 Å². The normalized spacial score (nSPS) is 17.5. The highest BCUT2D eigenvalue weighted by molar-refractivity contribution is 6.23. The maximum Gasteiger partial charge on any atom is 0.0925 e. The number of aromatic nitrogens is 2. The van der Waals surface area contributed by atoms with Gasteiger partial charge in [-0.05, 0) is 57.5 Å². The predicted molar refractivity (Wildman–Crippen MR) is 128 cm³/mol. The van der Waals surface area contributed by atoms with Crippen molar-refractivity contribution in [1.29, 1.82) is 5.41 Å². The van der Waals surface area contributed by atoms with Crippen molar-refractivity contribution in [2.75, 3.05) is 44.8 Å². The molecule has 166 valence electrons. The summed E-state index contributed by atoms with van der Waals surface area (Å²) in [5, 5.41) is 12.1. The third-order valence-electron chi connectivity index (χ3n) is 6.13. The molecule has 1 aliphatic carbocycles. The molecule has 0 atom stereocenters. The van der Waals surface area contributed by atoms with Crippen molar-refractivity contribution in [3.8, 4) is 0 Å². The fraction of sp³-hybridized carbons (Fsp3) is 0.542. The highest BCUT2D eigenvalue weighted by atomic mass is 15.4. The van der Waals surface area contributed by atoms with E-state index < -0.39 is 0 Å². The first kappa shape index (κ1) is 21.7. The first-order valence-corrected chi connectivity index (χ1v) is 11.6. The number of nitrogens with one attached hydrogen (secondary N) is 2. The molecule has 4 N–H and O–H groups in total. The second-order valence-electron chi connectivity index (χ2n) is 8.82. The summed E-state index contributed by atoms with van der Waals surface area (Å²) in [5.74, 6) is 0.363. The first-order valence-electron chi connectivity index (χ1n) is 11.6. The monoisotopic (exact) mass is 421 g/mol. The van der Waals surface area contributed by atoms with Gasteiger partial charge in [0.05, 0.1) is 29.6 Å². The van der Waals surface area contributed by atoms with Crippen LogP contribution in [-0.4, -0.2) is 60.5 Å². The Hall–Kier alpha value is -2.51. The Kier molecular flexibility index (Phi) is 7.14. The molecule has 31 heavy (non-hydrogen) atoms. The summed E-state index contributed by atoms with van der Waals surface area (Å²) < 4.78 is 0. The summed E-state index contributed by atoms with van der Waals surface area (Å²) in [7, 11) is 2.14. The van der Waals surface area contributed by atoms with Gasteiger partial charge < -0.3 is 21.4 Å². The molecule has 1 aromatic carbocycles. The summed E-state index contributed by atoms with van der Waals surface area (Å²) in [6, 6.07) is 6.31. The Morgan fingerprint density at radius 2 is 2.03 bits per heavy atom.